The monoisotopic (exact) mass is 287 g/mol. The summed E-state index contributed by atoms with van der Waals surface area (Å²) in [5.74, 6) is 0.0851. The first-order chi connectivity index (χ1) is 10.0. The van der Waals surface area contributed by atoms with E-state index < -0.39 is 11.4 Å². The molecule has 108 valence electrons. The summed E-state index contributed by atoms with van der Waals surface area (Å²) in [7, 11) is 0. The van der Waals surface area contributed by atoms with Gasteiger partial charge in [-0.1, -0.05) is 17.7 Å². The van der Waals surface area contributed by atoms with Crippen molar-refractivity contribution in [1.82, 2.24) is 19.6 Å². The number of rotatable bonds is 3. The van der Waals surface area contributed by atoms with E-state index in [9.17, 15) is 9.59 Å². The van der Waals surface area contributed by atoms with E-state index in [0.717, 1.165) is 15.8 Å². The maximum absolute atomic E-state index is 11.6. The fraction of sp³-hybridized carbons (Fsp3) is 0.0833. The Morgan fingerprint density at radius 1 is 1.14 bits per heavy atom. The molecule has 9 heteroatoms. The average Bonchev–Trinajstić information content (AvgIpc) is 2.75. The Bertz CT molecular complexity index is 904. The fourth-order valence-electron chi connectivity index (χ4n) is 1.88. The first-order valence-corrected chi connectivity index (χ1v) is 6.14. The molecule has 0 aliphatic rings. The lowest BCUT2D eigenvalue weighted by molar-refractivity contribution is 0.824. The zero-order valence-corrected chi connectivity index (χ0v) is 11.1. The zero-order valence-electron chi connectivity index (χ0n) is 11.1. The van der Waals surface area contributed by atoms with Gasteiger partial charge in [-0.25, -0.2) is 9.59 Å². The van der Waals surface area contributed by atoms with Gasteiger partial charge in [0.2, 0.25) is 0 Å². The maximum atomic E-state index is 11.6. The third-order valence-electron chi connectivity index (χ3n) is 2.94. The van der Waals surface area contributed by atoms with Crippen LogP contribution in [0.5, 0.6) is 0 Å². The number of aromatic amines is 2. The van der Waals surface area contributed by atoms with Gasteiger partial charge in [-0.15, -0.1) is 5.10 Å². The highest BCUT2D eigenvalue weighted by atomic mass is 16.2. The Balaban J connectivity index is 1.97. The normalized spacial score (nSPS) is 10.7. The molecule has 0 atom stereocenters. The number of aryl methyl sites for hydroxylation is 1. The topological polar surface area (TPSA) is 133 Å². The molecular weight excluding hydrogens is 274 g/mol. The van der Waals surface area contributed by atoms with E-state index in [1.54, 1.807) is 0 Å². The standard InChI is InChI=1S/C12H13N7O2/c1-6-2-4-7(5-3-6)16-17-8-9(13)18-19-10(8)14-11(20)15-12(19)21/h2-5,16-17H,1H3,(H2,13,18)(H2,14,15,20,21). The van der Waals surface area contributed by atoms with E-state index in [1.165, 1.54) is 0 Å². The molecule has 9 nitrogen and oxygen atoms in total. The van der Waals surface area contributed by atoms with Gasteiger partial charge in [0.15, 0.2) is 11.5 Å². The molecule has 0 spiro atoms. The molecule has 3 aromatic rings. The minimum atomic E-state index is -0.663. The summed E-state index contributed by atoms with van der Waals surface area (Å²) in [5, 5.41) is 3.86. The van der Waals surface area contributed by atoms with Gasteiger partial charge < -0.3 is 11.2 Å². The van der Waals surface area contributed by atoms with Crippen LogP contribution in [0.2, 0.25) is 0 Å². The van der Waals surface area contributed by atoms with Crippen LogP contribution in [-0.4, -0.2) is 19.6 Å². The molecule has 0 saturated heterocycles. The number of fused-ring (bicyclic) bond motifs is 1. The summed E-state index contributed by atoms with van der Waals surface area (Å²) in [5.41, 5.74) is 12.7. The lowest BCUT2D eigenvalue weighted by Gasteiger charge is -2.08. The molecule has 6 N–H and O–H groups in total. The molecular formula is C12H13N7O2. The number of benzene rings is 1. The Hall–Kier alpha value is -3.23. The number of hydrogen-bond donors (Lipinski definition) is 5. The number of nitrogens with one attached hydrogen (secondary N) is 4. The first-order valence-electron chi connectivity index (χ1n) is 6.14. The van der Waals surface area contributed by atoms with Crippen LogP contribution in [0, 0.1) is 6.92 Å². The van der Waals surface area contributed by atoms with Crippen LogP contribution < -0.4 is 28.0 Å². The Morgan fingerprint density at radius 3 is 2.57 bits per heavy atom. The van der Waals surface area contributed by atoms with Crippen LogP contribution in [0.4, 0.5) is 17.2 Å². The Morgan fingerprint density at radius 2 is 1.86 bits per heavy atom. The minimum Gasteiger partial charge on any atom is -0.380 e. The molecule has 0 unspecified atom stereocenters. The molecule has 0 radical (unpaired) electrons. The molecule has 0 aliphatic heterocycles. The summed E-state index contributed by atoms with van der Waals surface area (Å²) in [6.45, 7) is 1.98. The second-order valence-corrected chi connectivity index (χ2v) is 4.52. The highest BCUT2D eigenvalue weighted by molar-refractivity contribution is 5.79. The van der Waals surface area contributed by atoms with Gasteiger partial charge in [0.05, 0.1) is 5.69 Å². The van der Waals surface area contributed by atoms with Gasteiger partial charge in [0.25, 0.3) is 0 Å². The summed E-state index contributed by atoms with van der Waals surface area (Å²) in [6, 6.07) is 7.63. The molecule has 1 aromatic carbocycles. The van der Waals surface area contributed by atoms with Gasteiger partial charge in [-0.2, -0.15) is 4.52 Å². The Labute approximate surface area is 117 Å². The smallest absolute Gasteiger partial charge is 0.352 e. The van der Waals surface area contributed by atoms with E-state index >= 15 is 0 Å². The van der Waals surface area contributed by atoms with E-state index in [2.05, 4.69) is 25.9 Å². The molecule has 3 rings (SSSR count). The molecule has 0 amide bonds. The summed E-state index contributed by atoms with van der Waals surface area (Å²) in [6.07, 6.45) is 0. The second-order valence-electron chi connectivity index (χ2n) is 4.52. The van der Waals surface area contributed by atoms with Crippen molar-refractivity contribution in [3.8, 4) is 0 Å². The van der Waals surface area contributed by atoms with Crippen molar-refractivity contribution in [1.29, 1.82) is 0 Å². The number of nitrogen functional groups attached to an aromatic ring is 1. The number of hydrogen-bond acceptors (Lipinski definition) is 6. The highest BCUT2D eigenvalue weighted by Gasteiger charge is 2.13. The molecule has 0 aliphatic carbocycles. The van der Waals surface area contributed by atoms with E-state index in [4.69, 9.17) is 5.73 Å². The summed E-state index contributed by atoms with van der Waals surface area (Å²) in [4.78, 5) is 27.5. The lowest BCUT2D eigenvalue weighted by atomic mass is 10.2. The van der Waals surface area contributed by atoms with Gasteiger partial charge in [-0.05, 0) is 19.1 Å². The highest BCUT2D eigenvalue weighted by Crippen LogP contribution is 2.20. The van der Waals surface area contributed by atoms with Gasteiger partial charge in [0, 0.05) is 0 Å². The SMILES string of the molecule is Cc1ccc(NNc2c(N)nn3c(=O)[nH]c(=O)[nH]c23)cc1. The number of nitrogens with two attached hydrogens (primary N) is 1. The molecule has 0 saturated carbocycles. The summed E-state index contributed by atoms with van der Waals surface area (Å²) < 4.78 is 0.982. The number of hydrazine groups is 1. The Kier molecular flexibility index (Phi) is 2.87. The average molecular weight is 287 g/mol. The van der Waals surface area contributed by atoms with Gasteiger partial charge in [-0.3, -0.25) is 15.4 Å². The van der Waals surface area contributed by atoms with Gasteiger partial charge in [0.1, 0.15) is 5.69 Å². The van der Waals surface area contributed by atoms with Crippen LogP contribution >= 0.6 is 0 Å². The van der Waals surface area contributed by atoms with Crippen LogP contribution in [0.15, 0.2) is 33.9 Å². The first kappa shape index (κ1) is 12.8. The molecule has 0 fully saturated rings. The predicted octanol–water partition coefficient (Wildman–Crippen LogP) is 0.0405. The van der Waals surface area contributed by atoms with Crippen molar-refractivity contribution in [2.24, 2.45) is 0 Å². The number of anilines is 3. The van der Waals surface area contributed by atoms with Crippen molar-refractivity contribution in [2.75, 3.05) is 16.6 Å². The molecule has 2 heterocycles. The molecule has 0 bridgehead atoms. The van der Waals surface area contributed by atoms with Crippen molar-refractivity contribution < 1.29 is 0 Å². The third-order valence-corrected chi connectivity index (χ3v) is 2.94. The zero-order chi connectivity index (χ0) is 15.0. The van der Waals surface area contributed by atoms with Crippen molar-refractivity contribution in [3.05, 3.63) is 50.8 Å². The van der Waals surface area contributed by atoms with Crippen molar-refractivity contribution in [2.45, 2.75) is 6.92 Å². The van der Waals surface area contributed by atoms with Crippen molar-refractivity contribution in [3.63, 3.8) is 0 Å². The number of H-pyrrole nitrogens is 2. The van der Waals surface area contributed by atoms with Crippen LogP contribution in [0.25, 0.3) is 5.65 Å². The second kappa shape index (κ2) is 4.71. The molecule has 21 heavy (non-hydrogen) atoms. The van der Waals surface area contributed by atoms with Crippen LogP contribution in [0.3, 0.4) is 0 Å². The van der Waals surface area contributed by atoms with E-state index in [-0.39, 0.29) is 11.5 Å². The van der Waals surface area contributed by atoms with Gasteiger partial charge >= 0.3 is 11.4 Å². The largest absolute Gasteiger partial charge is 0.380 e. The van der Waals surface area contributed by atoms with Crippen LogP contribution in [0.1, 0.15) is 5.56 Å². The van der Waals surface area contributed by atoms with Crippen LogP contribution in [-0.2, 0) is 0 Å². The number of aromatic nitrogens is 4. The third kappa shape index (κ3) is 2.31. The van der Waals surface area contributed by atoms with E-state index in [1.807, 2.05) is 31.2 Å². The van der Waals surface area contributed by atoms with Crippen molar-refractivity contribution >= 4 is 22.8 Å². The quantitative estimate of drug-likeness (QED) is 0.432. The lowest BCUT2D eigenvalue weighted by Crippen LogP contribution is -2.28. The number of nitrogens with zero attached hydrogens (tertiary/aromatic N) is 2. The molecule has 2 aromatic heterocycles. The predicted molar refractivity (Wildman–Crippen MR) is 79.3 cm³/mol. The van der Waals surface area contributed by atoms with E-state index in [0.29, 0.717) is 5.69 Å². The maximum Gasteiger partial charge on any atom is 0.352 e. The minimum absolute atomic E-state index is 0.0851. The fourth-order valence-corrected chi connectivity index (χ4v) is 1.88. The summed E-state index contributed by atoms with van der Waals surface area (Å²) >= 11 is 0.